The number of ketones is 1. The van der Waals surface area contributed by atoms with Gasteiger partial charge >= 0.3 is 0 Å². The van der Waals surface area contributed by atoms with Crippen LogP contribution in [0.4, 0.5) is 0 Å². The summed E-state index contributed by atoms with van der Waals surface area (Å²) in [6.07, 6.45) is 2.10. The molecular formula is C12H14O2. The Balaban J connectivity index is 2.07. The zero-order valence-corrected chi connectivity index (χ0v) is 8.02. The lowest BCUT2D eigenvalue weighted by Gasteiger charge is -2.26. The molecule has 0 amide bonds. The van der Waals surface area contributed by atoms with E-state index < -0.39 is 6.10 Å². The minimum absolute atomic E-state index is 0.0116. The number of hydrogen-bond acceptors (Lipinski definition) is 2. The van der Waals surface area contributed by atoms with E-state index in [-0.39, 0.29) is 11.7 Å². The van der Waals surface area contributed by atoms with E-state index in [2.05, 4.69) is 0 Å². The monoisotopic (exact) mass is 190 g/mol. The number of rotatable bonds is 3. The van der Waals surface area contributed by atoms with Crippen LogP contribution in [-0.4, -0.2) is 10.9 Å². The van der Waals surface area contributed by atoms with Gasteiger partial charge in [0.15, 0.2) is 5.78 Å². The second-order valence-corrected chi connectivity index (χ2v) is 3.84. The third-order valence-electron chi connectivity index (χ3n) is 2.89. The average molecular weight is 190 g/mol. The minimum atomic E-state index is -0.915. The Morgan fingerprint density at radius 1 is 1.29 bits per heavy atom. The summed E-state index contributed by atoms with van der Waals surface area (Å²) in [5, 5.41) is 9.77. The van der Waals surface area contributed by atoms with Gasteiger partial charge in [-0.25, -0.2) is 0 Å². The van der Waals surface area contributed by atoms with Crippen LogP contribution in [0.5, 0.6) is 0 Å². The van der Waals surface area contributed by atoms with Crippen LogP contribution in [0.15, 0.2) is 30.3 Å². The largest absolute Gasteiger partial charge is 0.381 e. The summed E-state index contributed by atoms with van der Waals surface area (Å²) in [5.74, 6) is 0.0904. The lowest BCUT2D eigenvalue weighted by molar-refractivity contribution is -0.134. The van der Waals surface area contributed by atoms with Crippen molar-refractivity contribution in [3.8, 4) is 0 Å². The van der Waals surface area contributed by atoms with Crippen molar-refractivity contribution in [2.45, 2.75) is 25.4 Å². The van der Waals surface area contributed by atoms with Crippen molar-refractivity contribution in [1.29, 1.82) is 0 Å². The maximum Gasteiger partial charge on any atom is 0.168 e. The predicted octanol–water partition coefficient (Wildman–Crippen LogP) is 2.09. The molecule has 2 rings (SSSR count). The van der Waals surface area contributed by atoms with E-state index in [9.17, 15) is 9.90 Å². The molecule has 1 aromatic carbocycles. The summed E-state index contributed by atoms with van der Waals surface area (Å²) in [4.78, 5) is 11.7. The molecule has 1 atom stereocenters. The van der Waals surface area contributed by atoms with E-state index in [0.717, 1.165) is 19.3 Å². The Kier molecular flexibility index (Phi) is 2.64. The van der Waals surface area contributed by atoms with Crippen molar-refractivity contribution in [2.24, 2.45) is 5.92 Å². The molecule has 74 valence electrons. The number of Topliss-reactive ketones (excluding diaryl/α,β-unsaturated/α-hetero) is 1. The Morgan fingerprint density at radius 2 is 1.93 bits per heavy atom. The van der Waals surface area contributed by atoms with E-state index in [1.165, 1.54) is 0 Å². The molecule has 2 nitrogen and oxygen atoms in total. The fraction of sp³-hybridized carbons (Fsp3) is 0.417. The van der Waals surface area contributed by atoms with Gasteiger partial charge in [0.1, 0.15) is 6.10 Å². The molecule has 0 spiro atoms. The van der Waals surface area contributed by atoms with E-state index in [0.29, 0.717) is 5.56 Å². The number of aliphatic hydroxyl groups is 1. The van der Waals surface area contributed by atoms with Gasteiger partial charge in [0, 0.05) is 5.92 Å². The number of benzene rings is 1. The fourth-order valence-electron chi connectivity index (χ4n) is 1.72. The minimum Gasteiger partial charge on any atom is -0.381 e. The molecule has 0 aromatic heterocycles. The van der Waals surface area contributed by atoms with Gasteiger partial charge in [-0.3, -0.25) is 4.79 Å². The SMILES string of the molecule is O=C(C1CCC1)C(O)c1ccccc1. The van der Waals surface area contributed by atoms with Crippen molar-refractivity contribution in [2.75, 3.05) is 0 Å². The maximum atomic E-state index is 11.7. The number of hydrogen-bond donors (Lipinski definition) is 1. The lowest BCUT2D eigenvalue weighted by atomic mass is 9.79. The van der Waals surface area contributed by atoms with Gasteiger partial charge in [0.05, 0.1) is 0 Å². The van der Waals surface area contributed by atoms with Gasteiger partial charge in [0.25, 0.3) is 0 Å². The fourth-order valence-corrected chi connectivity index (χ4v) is 1.72. The average Bonchev–Trinajstić information content (AvgIpc) is 2.15. The van der Waals surface area contributed by atoms with Gasteiger partial charge in [-0.05, 0) is 18.4 Å². The highest BCUT2D eigenvalue weighted by Gasteiger charge is 2.30. The molecular weight excluding hydrogens is 176 g/mol. The molecule has 1 unspecified atom stereocenters. The van der Waals surface area contributed by atoms with Crippen molar-refractivity contribution in [1.82, 2.24) is 0 Å². The Morgan fingerprint density at radius 3 is 2.43 bits per heavy atom. The van der Waals surface area contributed by atoms with Gasteiger partial charge in [-0.15, -0.1) is 0 Å². The smallest absolute Gasteiger partial charge is 0.168 e. The van der Waals surface area contributed by atoms with Gasteiger partial charge in [-0.1, -0.05) is 36.8 Å². The zero-order valence-electron chi connectivity index (χ0n) is 8.02. The molecule has 2 heteroatoms. The third-order valence-corrected chi connectivity index (χ3v) is 2.89. The van der Waals surface area contributed by atoms with Crippen LogP contribution in [0.25, 0.3) is 0 Å². The summed E-state index contributed by atoms with van der Waals surface area (Å²) in [5.41, 5.74) is 0.712. The lowest BCUT2D eigenvalue weighted by Crippen LogP contribution is -2.27. The molecule has 14 heavy (non-hydrogen) atoms. The van der Waals surface area contributed by atoms with Crippen molar-refractivity contribution in [3.63, 3.8) is 0 Å². The maximum absolute atomic E-state index is 11.7. The molecule has 1 saturated carbocycles. The molecule has 0 heterocycles. The summed E-state index contributed by atoms with van der Waals surface area (Å²) in [6, 6.07) is 9.14. The van der Waals surface area contributed by atoms with Crippen LogP contribution >= 0.6 is 0 Å². The second kappa shape index (κ2) is 3.93. The number of aliphatic hydroxyl groups excluding tert-OH is 1. The predicted molar refractivity (Wildman–Crippen MR) is 53.7 cm³/mol. The summed E-state index contributed by atoms with van der Waals surface area (Å²) in [7, 11) is 0. The van der Waals surface area contributed by atoms with Gasteiger partial charge < -0.3 is 5.11 Å². The van der Waals surface area contributed by atoms with Gasteiger partial charge in [-0.2, -0.15) is 0 Å². The third kappa shape index (κ3) is 1.70. The van der Waals surface area contributed by atoms with E-state index in [4.69, 9.17) is 0 Å². The summed E-state index contributed by atoms with van der Waals surface area (Å²) >= 11 is 0. The quantitative estimate of drug-likeness (QED) is 0.792. The normalized spacial score (nSPS) is 18.6. The topological polar surface area (TPSA) is 37.3 Å². The van der Waals surface area contributed by atoms with Crippen molar-refractivity contribution >= 4 is 5.78 Å². The highest BCUT2D eigenvalue weighted by atomic mass is 16.3. The molecule has 0 aliphatic heterocycles. The molecule has 1 aliphatic carbocycles. The van der Waals surface area contributed by atoms with Crippen molar-refractivity contribution < 1.29 is 9.90 Å². The second-order valence-electron chi connectivity index (χ2n) is 3.84. The Labute approximate surface area is 83.6 Å². The number of carbonyl (C=O) groups is 1. The van der Waals surface area contributed by atoms with Crippen molar-refractivity contribution in [3.05, 3.63) is 35.9 Å². The van der Waals surface area contributed by atoms with E-state index in [1.54, 1.807) is 12.1 Å². The molecule has 1 fully saturated rings. The highest BCUT2D eigenvalue weighted by molar-refractivity contribution is 5.86. The van der Waals surface area contributed by atoms with Crippen LogP contribution in [0.1, 0.15) is 30.9 Å². The Hall–Kier alpha value is -1.15. The standard InChI is InChI=1S/C12H14O2/c13-11(9-5-2-1-3-6-9)12(14)10-7-4-8-10/h1-3,5-6,10-11,13H,4,7-8H2. The summed E-state index contributed by atoms with van der Waals surface area (Å²) in [6.45, 7) is 0. The molecule has 0 bridgehead atoms. The van der Waals surface area contributed by atoms with Crippen LogP contribution in [-0.2, 0) is 4.79 Å². The molecule has 1 aromatic rings. The number of carbonyl (C=O) groups excluding carboxylic acids is 1. The summed E-state index contributed by atoms with van der Waals surface area (Å²) < 4.78 is 0. The Bertz CT molecular complexity index is 314. The zero-order chi connectivity index (χ0) is 9.97. The van der Waals surface area contributed by atoms with Gasteiger partial charge in [0.2, 0.25) is 0 Å². The highest BCUT2D eigenvalue weighted by Crippen LogP contribution is 2.31. The van der Waals surface area contributed by atoms with Crippen LogP contribution in [0.2, 0.25) is 0 Å². The first-order valence-electron chi connectivity index (χ1n) is 5.06. The van der Waals surface area contributed by atoms with Crippen LogP contribution in [0, 0.1) is 5.92 Å². The molecule has 1 aliphatic rings. The van der Waals surface area contributed by atoms with Crippen LogP contribution < -0.4 is 0 Å². The van der Waals surface area contributed by atoms with E-state index in [1.807, 2.05) is 18.2 Å². The molecule has 1 N–H and O–H groups in total. The van der Waals surface area contributed by atoms with E-state index >= 15 is 0 Å². The first-order chi connectivity index (χ1) is 6.79. The first-order valence-corrected chi connectivity index (χ1v) is 5.06. The first kappa shape index (κ1) is 9.41. The molecule has 0 radical (unpaired) electrons. The molecule has 0 saturated heterocycles. The van der Waals surface area contributed by atoms with Crippen LogP contribution in [0.3, 0.4) is 0 Å².